The number of rotatable bonds is 5. The molecule has 6 heteroatoms. The number of aromatic nitrogens is 5. The van der Waals surface area contributed by atoms with Crippen LogP contribution in [0.3, 0.4) is 0 Å². The molecule has 0 fully saturated rings. The monoisotopic (exact) mass is 249 g/mol. The topological polar surface area (TPSA) is 67.3 Å². The highest BCUT2D eigenvalue weighted by Crippen LogP contribution is 2.16. The van der Waals surface area contributed by atoms with E-state index in [1.807, 2.05) is 0 Å². The Kier molecular flexibility index (Phi) is 4.08. The molecule has 0 unspecified atom stereocenters. The molecule has 0 spiro atoms. The van der Waals surface area contributed by atoms with Crippen molar-refractivity contribution >= 4 is 11.8 Å². The maximum absolute atomic E-state index is 4.42. The Hall–Kier alpha value is -1.43. The fourth-order valence-corrected chi connectivity index (χ4v) is 2.01. The summed E-state index contributed by atoms with van der Waals surface area (Å²) in [4.78, 5) is 12.7. The Morgan fingerprint density at radius 2 is 2.06 bits per heavy atom. The smallest absolute Gasteiger partial charge is 0.187 e. The molecule has 0 aliphatic rings. The van der Waals surface area contributed by atoms with E-state index < -0.39 is 0 Å². The van der Waals surface area contributed by atoms with E-state index in [9.17, 15) is 0 Å². The van der Waals surface area contributed by atoms with Gasteiger partial charge in [0.15, 0.2) is 11.0 Å². The first-order valence-electron chi connectivity index (χ1n) is 5.54. The van der Waals surface area contributed by atoms with Crippen LogP contribution in [0.4, 0.5) is 0 Å². The Morgan fingerprint density at radius 3 is 2.76 bits per heavy atom. The molecule has 2 rings (SSSR count). The SMILES string of the molecule is CC(C)Cc1n[nH]c(CSc2ncccn2)n1. The first-order valence-corrected chi connectivity index (χ1v) is 6.52. The van der Waals surface area contributed by atoms with Gasteiger partial charge in [0.05, 0.1) is 5.75 Å². The number of aromatic amines is 1. The number of nitrogens with one attached hydrogen (secondary N) is 1. The molecule has 90 valence electrons. The molecule has 2 aromatic rings. The zero-order valence-corrected chi connectivity index (χ0v) is 10.7. The largest absolute Gasteiger partial charge is 0.262 e. The molecule has 0 saturated heterocycles. The van der Waals surface area contributed by atoms with E-state index in [2.05, 4.69) is 39.0 Å². The Labute approximate surface area is 104 Å². The van der Waals surface area contributed by atoms with Gasteiger partial charge in [0, 0.05) is 18.8 Å². The molecular formula is C11H15N5S. The minimum atomic E-state index is 0.573. The predicted molar refractivity (Wildman–Crippen MR) is 66.5 cm³/mol. The van der Waals surface area contributed by atoms with Gasteiger partial charge in [-0.1, -0.05) is 25.6 Å². The van der Waals surface area contributed by atoms with Gasteiger partial charge in [-0.3, -0.25) is 5.10 Å². The molecule has 0 radical (unpaired) electrons. The lowest BCUT2D eigenvalue weighted by Gasteiger charge is -1.97. The third kappa shape index (κ3) is 3.81. The summed E-state index contributed by atoms with van der Waals surface area (Å²) in [7, 11) is 0. The van der Waals surface area contributed by atoms with Crippen LogP contribution in [0, 0.1) is 5.92 Å². The molecule has 17 heavy (non-hydrogen) atoms. The lowest BCUT2D eigenvalue weighted by Crippen LogP contribution is -1.96. The van der Waals surface area contributed by atoms with E-state index >= 15 is 0 Å². The molecule has 0 aliphatic heterocycles. The third-order valence-electron chi connectivity index (χ3n) is 2.05. The van der Waals surface area contributed by atoms with E-state index in [0.717, 1.165) is 29.0 Å². The second-order valence-electron chi connectivity index (χ2n) is 4.12. The molecule has 1 N–H and O–H groups in total. The molecule has 0 saturated carbocycles. The van der Waals surface area contributed by atoms with Crippen molar-refractivity contribution in [2.75, 3.05) is 0 Å². The van der Waals surface area contributed by atoms with E-state index in [-0.39, 0.29) is 0 Å². The van der Waals surface area contributed by atoms with Crippen LogP contribution in [-0.4, -0.2) is 25.1 Å². The van der Waals surface area contributed by atoms with Crippen LogP contribution in [-0.2, 0) is 12.2 Å². The minimum Gasteiger partial charge on any atom is -0.262 e. The van der Waals surface area contributed by atoms with Crippen LogP contribution in [0.5, 0.6) is 0 Å². The fourth-order valence-electron chi connectivity index (χ4n) is 1.35. The van der Waals surface area contributed by atoms with Crippen molar-refractivity contribution in [3.8, 4) is 0 Å². The van der Waals surface area contributed by atoms with Gasteiger partial charge in [-0.15, -0.1) is 0 Å². The summed E-state index contributed by atoms with van der Waals surface area (Å²) in [6.07, 6.45) is 4.38. The lowest BCUT2D eigenvalue weighted by molar-refractivity contribution is 0.622. The molecule has 0 atom stereocenters. The van der Waals surface area contributed by atoms with Gasteiger partial charge in [-0.05, 0) is 12.0 Å². The van der Waals surface area contributed by atoms with Gasteiger partial charge >= 0.3 is 0 Å². The highest BCUT2D eigenvalue weighted by atomic mass is 32.2. The summed E-state index contributed by atoms with van der Waals surface area (Å²) in [5.74, 6) is 3.04. The van der Waals surface area contributed by atoms with Gasteiger partial charge in [0.2, 0.25) is 0 Å². The van der Waals surface area contributed by atoms with Crippen molar-refractivity contribution in [3.05, 3.63) is 30.1 Å². The first-order chi connectivity index (χ1) is 8.24. The maximum atomic E-state index is 4.42. The molecule has 2 aromatic heterocycles. The van der Waals surface area contributed by atoms with Crippen LogP contribution in [0.25, 0.3) is 0 Å². The highest BCUT2D eigenvalue weighted by Gasteiger charge is 2.06. The zero-order valence-electron chi connectivity index (χ0n) is 9.92. The first kappa shape index (κ1) is 12.0. The minimum absolute atomic E-state index is 0.573. The average molecular weight is 249 g/mol. The molecule has 2 heterocycles. The summed E-state index contributed by atoms with van der Waals surface area (Å²) in [5, 5.41) is 7.88. The van der Waals surface area contributed by atoms with E-state index in [1.165, 1.54) is 0 Å². The second kappa shape index (κ2) is 5.77. The molecular weight excluding hydrogens is 234 g/mol. The van der Waals surface area contributed by atoms with Gasteiger partial charge in [-0.25, -0.2) is 15.0 Å². The average Bonchev–Trinajstić information content (AvgIpc) is 2.75. The van der Waals surface area contributed by atoms with Crippen molar-refractivity contribution in [1.29, 1.82) is 0 Å². The van der Waals surface area contributed by atoms with Gasteiger partial charge < -0.3 is 0 Å². The van der Waals surface area contributed by atoms with Gasteiger partial charge in [0.25, 0.3) is 0 Å². The standard InChI is InChI=1S/C11H15N5S/c1-8(2)6-9-14-10(16-15-9)7-17-11-12-4-3-5-13-11/h3-5,8H,6-7H2,1-2H3,(H,14,15,16). The van der Waals surface area contributed by atoms with Crippen LogP contribution >= 0.6 is 11.8 Å². The van der Waals surface area contributed by atoms with E-state index in [4.69, 9.17) is 0 Å². The van der Waals surface area contributed by atoms with Crippen LogP contribution < -0.4 is 0 Å². The van der Waals surface area contributed by atoms with Crippen LogP contribution in [0.2, 0.25) is 0 Å². The number of hydrogen-bond acceptors (Lipinski definition) is 5. The van der Waals surface area contributed by atoms with Crippen molar-refractivity contribution in [2.24, 2.45) is 5.92 Å². The van der Waals surface area contributed by atoms with E-state index in [0.29, 0.717) is 5.92 Å². The summed E-state index contributed by atoms with van der Waals surface area (Å²) < 4.78 is 0. The quantitative estimate of drug-likeness (QED) is 0.649. The number of H-pyrrole nitrogens is 1. The number of nitrogens with zero attached hydrogens (tertiary/aromatic N) is 4. The highest BCUT2D eigenvalue weighted by molar-refractivity contribution is 7.98. The molecule has 0 aromatic carbocycles. The Balaban J connectivity index is 1.89. The van der Waals surface area contributed by atoms with Crippen molar-refractivity contribution in [1.82, 2.24) is 25.1 Å². The van der Waals surface area contributed by atoms with Crippen molar-refractivity contribution < 1.29 is 0 Å². The molecule has 0 amide bonds. The van der Waals surface area contributed by atoms with Gasteiger partial charge in [-0.2, -0.15) is 5.10 Å². The zero-order chi connectivity index (χ0) is 12.1. The maximum Gasteiger partial charge on any atom is 0.187 e. The van der Waals surface area contributed by atoms with Crippen LogP contribution in [0.15, 0.2) is 23.6 Å². The second-order valence-corrected chi connectivity index (χ2v) is 5.06. The molecule has 0 bridgehead atoms. The Morgan fingerprint density at radius 1 is 1.29 bits per heavy atom. The summed E-state index contributed by atoms with van der Waals surface area (Å²) in [5.41, 5.74) is 0. The van der Waals surface area contributed by atoms with Gasteiger partial charge in [0.1, 0.15) is 5.82 Å². The predicted octanol–water partition coefficient (Wildman–Crippen LogP) is 2.09. The summed E-state index contributed by atoms with van der Waals surface area (Å²) in [6.45, 7) is 4.31. The normalized spacial score (nSPS) is 11.0. The third-order valence-corrected chi connectivity index (χ3v) is 2.94. The summed E-state index contributed by atoms with van der Waals surface area (Å²) >= 11 is 1.55. The fraction of sp³-hybridized carbons (Fsp3) is 0.455. The number of hydrogen-bond donors (Lipinski definition) is 1. The number of thioether (sulfide) groups is 1. The van der Waals surface area contributed by atoms with Crippen molar-refractivity contribution in [2.45, 2.75) is 31.2 Å². The van der Waals surface area contributed by atoms with Crippen LogP contribution in [0.1, 0.15) is 25.5 Å². The molecule has 5 nitrogen and oxygen atoms in total. The lowest BCUT2D eigenvalue weighted by atomic mass is 10.1. The summed E-state index contributed by atoms with van der Waals surface area (Å²) in [6, 6.07) is 1.80. The van der Waals surface area contributed by atoms with Crippen molar-refractivity contribution in [3.63, 3.8) is 0 Å². The molecule has 0 aliphatic carbocycles. The van der Waals surface area contributed by atoms with E-state index in [1.54, 1.807) is 30.2 Å². The Bertz CT molecular complexity index is 454.